The van der Waals surface area contributed by atoms with E-state index in [1.54, 1.807) is 0 Å². The summed E-state index contributed by atoms with van der Waals surface area (Å²) in [6, 6.07) is 14.6. The Balaban J connectivity index is 2.26. The molecule has 0 aromatic heterocycles. The molecule has 0 radical (unpaired) electrons. The second-order valence-corrected chi connectivity index (χ2v) is 5.11. The third kappa shape index (κ3) is 3.28. The average Bonchev–Trinajstić information content (AvgIpc) is 2.41. The van der Waals surface area contributed by atoms with Gasteiger partial charge in [-0.1, -0.05) is 35.4 Å². The Morgan fingerprint density at radius 2 is 1.68 bits per heavy atom. The third-order valence-corrected chi connectivity index (χ3v) is 3.56. The van der Waals surface area contributed by atoms with E-state index in [2.05, 4.69) is 53.5 Å². The van der Waals surface area contributed by atoms with Gasteiger partial charge in [-0.15, -0.1) is 0 Å². The molecule has 3 heteroatoms. The number of anilines is 2. The highest BCUT2D eigenvalue weighted by Crippen LogP contribution is 2.28. The molecule has 2 aromatic carbocycles. The van der Waals surface area contributed by atoms with Crippen LogP contribution in [0.5, 0.6) is 0 Å². The van der Waals surface area contributed by atoms with Gasteiger partial charge in [0.05, 0.1) is 0 Å². The van der Waals surface area contributed by atoms with E-state index in [0.29, 0.717) is 0 Å². The van der Waals surface area contributed by atoms with Crippen LogP contribution in [0.3, 0.4) is 0 Å². The number of hydrogen-bond acceptors (Lipinski definition) is 2. The molecule has 0 atom stereocenters. The van der Waals surface area contributed by atoms with Crippen LogP contribution in [0.1, 0.15) is 11.1 Å². The van der Waals surface area contributed by atoms with E-state index in [1.165, 1.54) is 5.56 Å². The molecule has 0 bridgehead atoms. The second-order valence-electron chi connectivity index (χ2n) is 4.70. The van der Waals surface area contributed by atoms with Crippen LogP contribution < -0.4 is 10.2 Å². The van der Waals surface area contributed by atoms with E-state index in [9.17, 15) is 0 Å². The van der Waals surface area contributed by atoms with Crippen molar-refractivity contribution >= 4 is 23.0 Å². The second kappa shape index (κ2) is 6.09. The van der Waals surface area contributed by atoms with Crippen LogP contribution in [0.25, 0.3) is 0 Å². The van der Waals surface area contributed by atoms with E-state index < -0.39 is 0 Å². The molecule has 0 saturated heterocycles. The SMILES string of the molecule is CNCc1ccc(N(C)c2ccc(C)cc2)cc1Cl. The highest BCUT2D eigenvalue weighted by atomic mass is 35.5. The van der Waals surface area contributed by atoms with Crippen molar-refractivity contribution in [3.05, 3.63) is 58.6 Å². The Kier molecular flexibility index (Phi) is 4.46. The summed E-state index contributed by atoms with van der Waals surface area (Å²) < 4.78 is 0. The Morgan fingerprint density at radius 3 is 2.26 bits per heavy atom. The molecule has 0 aliphatic rings. The summed E-state index contributed by atoms with van der Waals surface area (Å²) in [6.07, 6.45) is 0. The molecule has 0 heterocycles. The quantitative estimate of drug-likeness (QED) is 0.902. The maximum absolute atomic E-state index is 6.30. The monoisotopic (exact) mass is 274 g/mol. The van der Waals surface area contributed by atoms with Crippen molar-refractivity contribution < 1.29 is 0 Å². The number of rotatable bonds is 4. The summed E-state index contributed by atoms with van der Waals surface area (Å²) >= 11 is 6.30. The molecule has 0 fully saturated rings. The molecule has 2 nitrogen and oxygen atoms in total. The fourth-order valence-electron chi connectivity index (χ4n) is 2.00. The predicted octanol–water partition coefficient (Wildman–Crippen LogP) is 4.14. The van der Waals surface area contributed by atoms with Gasteiger partial charge >= 0.3 is 0 Å². The van der Waals surface area contributed by atoms with Crippen molar-refractivity contribution in [2.45, 2.75) is 13.5 Å². The average molecular weight is 275 g/mol. The predicted molar refractivity (Wildman–Crippen MR) is 83.5 cm³/mol. The van der Waals surface area contributed by atoms with Gasteiger partial charge in [0.15, 0.2) is 0 Å². The van der Waals surface area contributed by atoms with Gasteiger partial charge in [0.25, 0.3) is 0 Å². The van der Waals surface area contributed by atoms with Crippen LogP contribution >= 0.6 is 11.6 Å². The van der Waals surface area contributed by atoms with E-state index in [-0.39, 0.29) is 0 Å². The maximum atomic E-state index is 6.30. The van der Waals surface area contributed by atoms with Gasteiger partial charge in [-0.25, -0.2) is 0 Å². The Morgan fingerprint density at radius 1 is 1.05 bits per heavy atom. The number of aryl methyl sites for hydroxylation is 1. The highest BCUT2D eigenvalue weighted by molar-refractivity contribution is 6.31. The van der Waals surface area contributed by atoms with Gasteiger partial charge in [0.1, 0.15) is 0 Å². The number of halogens is 1. The van der Waals surface area contributed by atoms with Crippen LogP contribution in [-0.4, -0.2) is 14.1 Å². The summed E-state index contributed by atoms with van der Waals surface area (Å²) in [5, 5.41) is 3.91. The summed E-state index contributed by atoms with van der Waals surface area (Å²) in [5.74, 6) is 0. The molecule has 2 aromatic rings. The molecule has 1 N–H and O–H groups in total. The summed E-state index contributed by atoms with van der Waals surface area (Å²) in [4.78, 5) is 2.13. The minimum Gasteiger partial charge on any atom is -0.345 e. The molecule has 0 aliphatic carbocycles. The van der Waals surface area contributed by atoms with Crippen molar-refractivity contribution in [3.63, 3.8) is 0 Å². The summed E-state index contributed by atoms with van der Waals surface area (Å²) in [7, 11) is 3.97. The highest BCUT2D eigenvalue weighted by Gasteiger charge is 2.06. The normalized spacial score (nSPS) is 10.5. The van der Waals surface area contributed by atoms with E-state index in [0.717, 1.165) is 28.5 Å². The first-order chi connectivity index (χ1) is 9.11. The zero-order chi connectivity index (χ0) is 13.8. The summed E-state index contributed by atoms with van der Waals surface area (Å²) in [6.45, 7) is 2.88. The molecular weight excluding hydrogens is 256 g/mol. The van der Waals surface area contributed by atoms with Crippen molar-refractivity contribution in [1.82, 2.24) is 5.32 Å². The number of hydrogen-bond donors (Lipinski definition) is 1. The van der Waals surface area contributed by atoms with Crippen LogP contribution in [0.2, 0.25) is 5.02 Å². The van der Waals surface area contributed by atoms with Gasteiger partial charge in [0, 0.05) is 30.0 Å². The van der Waals surface area contributed by atoms with Crippen LogP contribution in [-0.2, 0) is 6.54 Å². The van der Waals surface area contributed by atoms with Gasteiger partial charge in [-0.3, -0.25) is 0 Å². The fourth-order valence-corrected chi connectivity index (χ4v) is 2.24. The van der Waals surface area contributed by atoms with Crippen LogP contribution in [0.15, 0.2) is 42.5 Å². The first-order valence-corrected chi connectivity index (χ1v) is 6.73. The van der Waals surface area contributed by atoms with Crippen molar-refractivity contribution in [2.24, 2.45) is 0 Å². The summed E-state index contributed by atoms with van der Waals surface area (Å²) in [5.41, 5.74) is 4.63. The lowest BCUT2D eigenvalue weighted by atomic mass is 10.1. The van der Waals surface area contributed by atoms with Crippen molar-refractivity contribution in [3.8, 4) is 0 Å². The van der Waals surface area contributed by atoms with Crippen LogP contribution in [0, 0.1) is 6.92 Å². The zero-order valence-corrected chi connectivity index (χ0v) is 12.3. The third-order valence-electron chi connectivity index (χ3n) is 3.21. The molecule has 0 spiro atoms. The van der Waals surface area contributed by atoms with Crippen molar-refractivity contribution in [1.29, 1.82) is 0 Å². The lowest BCUT2D eigenvalue weighted by Gasteiger charge is -2.20. The van der Waals surface area contributed by atoms with Gasteiger partial charge < -0.3 is 10.2 Å². The number of nitrogens with zero attached hydrogens (tertiary/aromatic N) is 1. The van der Waals surface area contributed by atoms with Gasteiger partial charge in [-0.2, -0.15) is 0 Å². The van der Waals surface area contributed by atoms with E-state index >= 15 is 0 Å². The maximum Gasteiger partial charge on any atom is 0.0471 e. The van der Waals surface area contributed by atoms with E-state index in [1.807, 2.05) is 20.2 Å². The molecule has 100 valence electrons. The number of nitrogens with one attached hydrogen (secondary N) is 1. The molecule has 0 unspecified atom stereocenters. The lowest BCUT2D eigenvalue weighted by molar-refractivity contribution is 0.818. The minimum atomic E-state index is 0.785. The number of benzene rings is 2. The molecule has 2 rings (SSSR count). The molecule has 0 saturated carbocycles. The standard InChI is InChI=1S/C16H19ClN2/c1-12-4-7-14(8-5-12)19(3)15-9-6-13(11-18-2)16(17)10-15/h4-10,18H,11H2,1-3H3. The van der Waals surface area contributed by atoms with Crippen molar-refractivity contribution in [2.75, 3.05) is 19.0 Å². The Labute approximate surface area is 120 Å². The first-order valence-electron chi connectivity index (χ1n) is 6.35. The Bertz CT molecular complexity index is 549. The first kappa shape index (κ1) is 13.9. The topological polar surface area (TPSA) is 15.3 Å². The minimum absolute atomic E-state index is 0.785. The Hall–Kier alpha value is -1.51. The fraction of sp³-hybridized carbons (Fsp3) is 0.250. The molecule has 0 aliphatic heterocycles. The van der Waals surface area contributed by atoms with Crippen LogP contribution in [0.4, 0.5) is 11.4 Å². The molecular formula is C16H19ClN2. The smallest absolute Gasteiger partial charge is 0.0471 e. The lowest BCUT2D eigenvalue weighted by Crippen LogP contribution is -2.10. The molecule has 0 amide bonds. The van der Waals surface area contributed by atoms with Gasteiger partial charge in [0.2, 0.25) is 0 Å². The largest absolute Gasteiger partial charge is 0.345 e. The van der Waals surface area contributed by atoms with Gasteiger partial charge in [-0.05, 0) is 43.8 Å². The zero-order valence-electron chi connectivity index (χ0n) is 11.6. The van der Waals surface area contributed by atoms with E-state index in [4.69, 9.17) is 11.6 Å². The molecule has 19 heavy (non-hydrogen) atoms.